The standard InChI is InChI=1S/C39H29N2S2.ClHO4/c1-6-16-30(17-7-1)39(35-26-28-37(42-35)40(31-18-8-2-9-19-31)32-20-10-3-11-21-32)36-27-29-38(43-36)41(33-22-12-4-13-23-33)34-24-14-5-15-25-34;2-1(3,4)5/h1-29H;(H,2,3,4,5)/q+1;/p-1. The lowest BCUT2D eigenvalue weighted by Gasteiger charge is -2.23. The van der Waals surface area contributed by atoms with E-state index in [0.29, 0.717) is 0 Å². The van der Waals surface area contributed by atoms with Crippen molar-refractivity contribution in [2.24, 2.45) is 0 Å². The molecule has 238 valence electrons. The lowest BCUT2D eigenvalue weighted by molar-refractivity contribution is -2.00. The van der Waals surface area contributed by atoms with Crippen molar-refractivity contribution in [1.29, 1.82) is 0 Å². The van der Waals surface area contributed by atoms with E-state index in [1.54, 1.807) is 0 Å². The van der Waals surface area contributed by atoms with Crippen LogP contribution in [0.1, 0.15) is 15.3 Å². The van der Waals surface area contributed by atoms with E-state index >= 15 is 0 Å². The number of nitrogens with zero attached hydrogens (tertiary/aromatic N) is 2. The number of halogens is 1. The first-order chi connectivity index (χ1) is 23.3. The van der Waals surface area contributed by atoms with Gasteiger partial charge in [-0.25, -0.2) is 18.6 Å². The van der Waals surface area contributed by atoms with Gasteiger partial charge < -0.3 is 9.80 Å². The maximum absolute atomic E-state index is 8.49. The zero-order chi connectivity index (χ0) is 33.3. The normalized spacial score (nSPS) is 10.9. The Morgan fingerprint density at radius 2 is 0.646 bits per heavy atom. The van der Waals surface area contributed by atoms with Crippen LogP contribution in [0.2, 0.25) is 0 Å². The minimum Gasteiger partial charge on any atom is -0.301 e. The molecular weight excluding hydrogens is 660 g/mol. The van der Waals surface area contributed by atoms with Gasteiger partial charge in [0.05, 0.1) is 11.5 Å². The third-order valence-corrected chi connectivity index (χ3v) is 9.41. The number of rotatable bonds is 9. The van der Waals surface area contributed by atoms with Gasteiger partial charge >= 0.3 is 0 Å². The zero-order valence-corrected chi connectivity index (χ0v) is 27.9. The lowest BCUT2D eigenvalue weighted by atomic mass is 9.96. The van der Waals surface area contributed by atoms with Gasteiger partial charge in [0.2, 0.25) is 0 Å². The Labute approximate surface area is 290 Å². The van der Waals surface area contributed by atoms with E-state index in [1.807, 2.05) is 22.7 Å². The molecule has 0 unspecified atom stereocenters. The molecule has 0 aliphatic rings. The van der Waals surface area contributed by atoms with Crippen LogP contribution >= 0.6 is 22.7 Å². The van der Waals surface area contributed by atoms with Gasteiger partial charge in [-0.15, -0.1) is 10.2 Å². The fourth-order valence-corrected chi connectivity index (χ4v) is 7.61. The molecule has 5 aromatic carbocycles. The molecule has 0 saturated carbocycles. The number of thiophene rings is 2. The average molecular weight is 689 g/mol. The molecule has 0 spiro atoms. The van der Waals surface area contributed by atoms with Crippen LogP contribution in [-0.2, 0) is 0 Å². The molecule has 0 aliphatic heterocycles. The van der Waals surface area contributed by atoms with Crippen LogP contribution in [0.25, 0.3) is 0 Å². The molecule has 2 heterocycles. The maximum atomic E-state index is 8.49. The Balaban J connectivity index is 0.000000749. The molecule has 0 amide bonds. The molecular formula is C39H29ClN2O4S2. The molecule has 48 heavy (non-hydrogen) atoms. The highest BCUT2D eigenvalue weighted by Crippen LogP contribution is 2.47. The molecule has 7 aromatic rings. The van der Waals surface area contributed by atoms with E-state index in [9.17, 15) is 0 Å². The van der Waals surface area contributed by atoms with Crippen LogP contribution in [-0.4, -0.2) is 0 Å². The van der Waals surface area contributed by atoms with Gasteiger partial charge in [0, 0.05) is 59.1 Å². The summed E-state index contributed by atoms with van der Waals surface area (Å²) in [5, 5.41) is 2.35. The van der Waals surface area contributed by atoms with E-state index < -0.39 is 10.2 Å². The summed E-state index contributed by atoms with van der Waals surface area (Å²) in [6.07, 6.45) is 0. The van der Waals surface area contributed by atoms with Gasteiger partial charge in [-0.3, -0.25) is 0 Å². The molecule has 6 nitrogen and oxygen atoms in total. The quantitative estimate of drug-likeness (QED) is 0.151. The topological polar surface area (TPSA) is 98.7 Å². The van der Waals surface area contributed by atoms with Crippen molar-refractivity contribution in [3.63, 3.8) is 0 Å². The van der Waals surface area contributed by atoms with Crippen molar-refractivity contribution < 1.29 is 28.9 Å². The summed E-state index contributed by atoms with van der Waals surface area (Å²) in [5.74, 6) is 1.25. The van der Waals surface area contributed by atoms with Crippen molar-refractivity contribution in [3.05, 3.63) is 197 Å². The smallest absolute Gasteiger partial charge is 0.110 e. The predicted molar refractivity (Wildman–Crippen MR) is 185 cm³/mol. The molecule has 7 rings (SSSR count). The zero-order valence-electron chi connectivity index (χ0n) is 25.5. The highest BCUT2D eigenvalue weighted by atomic mass is 35.7. The molecule has 0 fully saturated rings. The molecule has 2 aromatic heterocycles. The largest absolute Gasteiger partial charge is 0.301 e. The minimum atomic E-state index is -4.94. The van der Waals surface area contributed by atoms with Gasteiger partial charge in [-0.05, 0) is 66.7 Å². The van der Waals surface area contributed by atoms with E-state index in [4.69, 9.17) is 18.6 Å². The van der Waals surface area contributed by atoms with Crippen LogP contribution in [0.3, 0.4) is 0 Å². The first-order valence-electron chi connectivity index (χ1n) is 14.9. The number of hydrogen-bond acceptors (Lipinski definition) is 8. The van der Waals surface area contributed by atoms with Crippen LogP contribution in [0.15, 0.2) is 176 Å². The summed E-state index contributed by atoms with van der Waals surface area (Å²) < 4.78 is 34.0. The van der Waals surface area contributed by atoms with Crippen molar-refractivity contribution >= 4 is 55.4 Å². The summed E-state index contributed by atoms with van der Waals surface area (Å²) in [6, 6.07) is 62.2. The van der Waals surface area contributed by atoms with Crippen molar-refractivity contribution in [1.82, 2.24) is 0 Å². The van der Waals surface area contributed by atoms with E-state index in [-0.39, 0.29) is 0 Å². The second-order valence-electron chi connectivity index (χ2n) is 10.4. The summed E-state index contributed by atoms with van der Waals surface area (Å²) >= 11 is 3.64. The van der Waals surface area contributed by atoms with Crippen molar-refractivity contribution in [3.8, 4) is 0 Å². The minimum absolute atomic E-state index is 1.14. The van der Waals surface area contributed by atoms with Crippen LogP contribution < -0.4 is 28.4 Å². The molecule has 0 saturated heterocycles. The number of anilines is 6. The van der Waals surface area contributed by atoms with Crippen LogP contribution in [0, 0.1) is 16.2 Å². The summed E-state index contributed by atoms with van der Waals surface area (Å²) in [6.45, 7) is 0. The van der Waals surface area contributed by atoms with Gasteiger partial charge in [0.25, 0.3) is 0 Å². The van der Waals surface area contributed by atoms with Gasteiger partial charge in [-0.2, -0.15) is 0 Å². The van der Waals surface area contributed by atoms with Crippen LogP contribution in [0.4, 0.5) is 32.8 Å². The third-order valence-electron chi connectivity index (χ3n) is 7.24. The Kier molecular flexibility index (Phi) is 10.5. The lowest BCUT2D eigenvalue weighted by Crippen LogP contribution is -2.68. The molecule has 0 aliphatic carbocycles. The van der Waals surface area contributed by atoms with Crippen molar-refractivity contribution in [2.75, 3.05) is 9.80 Å². The monoisotopic (exact) mass is 688 g/mol. The second-order valence-corrected chi connectivity index (χ2v) is 13.3. The predicted octanol–water partition coefficient (Wildman–Crippen LogP) is 7.01. The number of benzene rings is 5. The van der Waals surface area contributed by atoms with E-state index in [0.717, 1.165) is 22.7 Å². The molecule has 0 bridgehead atoms. The molecule has 9 heteroatoms. The first-order valence-corrected chi connectivity index (χ1v) is 17.8. The molecule has 0 radical (unpaired) electrons. The fourth-order valence-electron chi connectivity index (χ4n) is 5.29. The Morgan fingerprint density at radius 3 is 0.938 bits per heavy atom. The van der Waals surface area contributed by atoms with E-state index in [2.05, 4.69) is 186 Å². The number of para-hydroxylation sites is 4. The maximum Gasteiger partial charge on any atom is 0.110 e. The van der Waals surface area contributed by atoms with Gasteiger partial charge in [0.1, 0.15) is 19.8 Å². The van der Waals surface area contributed by atoms with Gasteiger partial charge in [0.15, 0.2) is 0 Å². The van der Waals surface area contributed by atoms with Crippen LogP contribution in [0.5, 0.6) is 0 Å². The highest BCUT2D eigenvalue weighted by molar-refractivity contribution is 7.18. The second kappa shape index (κ2) is 15.3. The average Bonchev–Trinajstić information content (AvgIpc) is 3.78. The number of hydrogen-bond donors (Lipinski definition) is 0. The fraction of sp³-hybridized carbons (Fsp3) is 0. The third kappa shape index (κ3) is 8.32. The molecule has 0 atom stereocenters. The summed E-state index contributed by atoms with van der Waals surface area (Å²) in [4.78, 5) is 7.14. The Bertz CT molecular complexity index is 1780. The Hall–Kier alpha value is -4.90. The molecule has 0 N–H and O–H groups in total. The summed E-state index contributed by atoms with van der Waals surface area (Å²) in [5.41, 5.74) is 5.78. The summed E-state index contributed by atoms with van der Waals surface area (Å²) in [7, 11) is -4.94. The van der Waals surface area contributed by atoms with E-state index in [1.165, 1.54) is 31.2 Å². The SMILES string of the molecule is [O-][Cl+3]([O-])([O-])[O-].c1ccc([C+](c2ccc(N(c3ccccc3)c3ccccc3)s2)c2ccc(N(c3ccccc3)c3ccccc3)s2)cc1. The van der Waals surface area contributed by atoms with Crippen molar-refractivity contribution in [2.45, 2.75) is 0 Å². The first kappa shape index (κ1) is 33.0. The van der Waals surface area contributed by atoms with Gasteiger partial charge in [-0.1, -0.05) is 95.5 Å². The Morgan fingerprint density at radius 1 is 0.375 bits per heavy atom. The highest BCUT2D eigenvalue weighted by Gasteiger charge is 2.29.